The second-order valence-corrected chi connectivity index (χ2v) is 5.75. The third kappa shape index (κ3) is 2.68. The van der Waals surface area contributed by atoms with Gasteiger partial charge in [0.15, 0.2) is 0 Å². The van der Waals surface area contributed by atoms with Gasteiger partial charge in [-0.15, -0.1) is 11.3 Å². The zero-order valence-electron chi connectivity index (χ0n) is 11.2. The molecule has 0 fully saturated rings. The molecule has 0 unspecified atom stereocenters. The largest absolute Gasteiger partial charge is 0.347 e. The number of pyridine rings is 1. The fourth-order valence-electron chi connectivity index (χ4n) is 1.93. The summed E-state index contributed by atoms with van der Waals surface area (Å²) in [6.07, 6.45) is 4.62. The van der Waals surface area contributed by atoms with E-state index in [9.17, 15) is 9.59 Å². The fraction of sp³-hybridized carbons (Fsp3) is 0.143. The van der Waals surface area contributed by atoms with Crippen LogP contribution in [0.25, 0.3) is 5.65 Å². The number of rotatable bonds is 3. The minimum absolute atomic E-state index is 0.0277. The minimum Gasteiger partial charge on any atom is -0.347 e. The summed E-state index contributed by atoms with van der Waals surface area (Å²) < 4.78 is 1.35. The average molecular weight is 300 g/mol. The highest BCUT2D eigenvalue weighted by molar-refractivity contribution is 7.11. The number of nitrogens with zero attached hydrogens (tertiary/aromatic N) is 3. The van der Waals surface area contributed by atoms with Crippen LogP contribution in [-0.2, 0) is 6.54 Å². The van der Waals surface area contributed by atoms with Crippen molar-refractivity contribution < 1.29 is 4.79 Å². The standard InChI is InChI=1S/C14H12N4O2S/c1-9-15-6-10(21-9)7-17-13(19)11-8-16-12-4-2-3-5-18(12)14(11)20/h2-6,8H,7H2,1H3,(H,17,19). The molecule has 106 valence electrons. The van der Waals surface area contributed by atoms with Gasteiger partial charge in [0.05, 0.1) is 11.6 Å². The van der Waals surface area contributed by atoms with Crippen LogP contribution < -0.4 is 10.9 Å². The average Bonchev–Trinajstić information content (AvgIpc) is 2.91. The molecule has 0 bridgehead atoms. The third-order valence-electron chi connectivity index (χ3n) is 2.95. The highest BCUT2D eigenvalue weighted by atomic mass is 32.1. The first-order valence-corrected chi connectivity index (χ1v) is 7.13. The van der Waals surface area contributed by atoms with Gasteiger partial charge in [-0.25, -0.2) is 9.97 Å². The second kappa shape index (κ2) is 5.45. The lowest BCUT2D eigenvalue weighted by Crippen LogP contribution is -2.31. The molecule has 1 N–H and O–H groups in total. The Kier molecular flexibility index (Phi) is 3.49. The van der Waals surface area contributed by atoms with Crippen molar-refractivity contribution >= 4 is 22.9 Å². The van der Waals surface area contributed by atoms with Crippen molar-refractivity contribution in [1.29, 1.82) is 0 Å². The number of hydrogen-bond donors (Lipinski definition) is 1. The van der Waals surface area contributed by atoms with Crippen molar-refractivity contribution in [3.63, 3.8) is 0 Å². The lowest BCUT2D eigenvalue weighted by atomic mass is 10.3. The van der Waals surface area contributed by atoms with Crippen LogP contribution in [0.1, 0.15) is 20.2 Å². The molecule has 3 aromatic rings. The van der Waals surface area contributed by atoms with Crippen LogP contribution in [0.3, 0.4) is 0 Å². The molecule has 6 nitrogen and oxygen atoms in total. The molecule has 0 saturated carbocycles. The van der Waals surface area contributed by atoms with E-state index in [0.717, 1.165) is 9.88 Å². The van der Waals surface area contributed by atoms with E-state index in [1.807, 2.05) is 6.92 Å². The normalized spacial score (nSPS) is 10.7. The molecule has 0 spiro atoms. The van der Waals surface area contributed by atoms with Crippen molar-refractivity contribution in [3.05, 3.63) is 62.6 Å². The summed E-state index contributed by atoms with van der Waals surface area (Å²) >= 11 is 1.51. The van der Waals surface area contributed by atoms with Gasteiger partial charge in [-0.1, -0.05) is 6.07 Å². The number of thiazole rings is 1. The highest BCUT2D eigenvalue weighted by Gasteiger charge is 2.13. The van der Waals surface area contributed by atoms with Crippen molar-refractivity contribution in [3.8, 4) is 0 Å². The van der Waals surface area contributed by atoms with Gasteiger partial charge in [-0.3, -0.25) is 14.0 Å². The maximum absolute atomic E-state index is 12.2. The van der Waals surface area contributed by atoms with E-state index < -0.39 is 5.91 Å². The maximum atomic E-state index is 12.2. The first-order valence-electron chi connectivity index (χ1n) is 6.31. The minimum atomic E-state index is -0.434. The summed E-state index contributed by atoms with van der Waals surface area (Å²) in [7, 11) is 0. The van der Waals surface area contributed by atoms with Crippen LogP contribution in [0, 0.1) is 6.92 Å². The Balaban J connectivity index is 1.84. The third-order valence-corrected chi connectivity index (χ3v) is 3.86. The molecule has 1 amide bonds. The van der Waals surface area contributed by atoms with Gasteiger partial charge in [0.2, 0.25) is 0 Å². The Morgan fingerprint density at radius 1 is 1.33 bits per heavy atom. The second-order valence-electron chi connectivity index (χ2n) is 4.43. The molecule has 0 atom stereocenters. The molecule has 3 aromatic heterocycles. The monoisotopic (exact) mass is 300 g/mol. The zero-order chi connectivity index (χ0) is 14.8. The zero-order valence-corrected chi connectivity index (χ0v) is 12.1. The van der Waals surface area contributed by atoms with E-state index >= 15 is 0 Å². The smallest absolute Gasteiger partial charge is 0.270 e. The predicted octanol–water partition coefficient (Wildman–Crippen LogP) is 1.39. The van der Waals surface area contributed by atoms with Gasteiger partial charge >= 0.3 is 0 Å². The van der Waals surface area contributed by atoms with Crippen LogP contribution in [0.4, 0.5) is 0 Å². The van der Waals surface area contributed by atoms with Crippen LogP contribution >= 0.6 is 11.3 Å². The van der Waals surface area contributed by atoms with Crippen molar-refractivity contribution in [2.24, 2.45) is 0 Å². The van der Waals surface area contributed by atoms with Crippen molar-refractivity contribution in [2.75, 3.05) is 0 Å². The van der Waals surface area contributed by atoms with Gasteiger partial charge in [0.1, 0.15) is 11.2 Å². The highest BCUT2D eigenvalue weighted by Crippen LogP contribution is 2.10. The van der Waals surface area contributed by atoms with E-state index in [1.54, 1.807) is 30.6 Å². The van der Waals surface area contributed by atoms with Crippen molar-refractivity contribution in [2.45, 2.75) is 13.5 Å². The van der Waals surface area contributed by atoms with E-state index in [-0.39, 0.29) is 11.1 Å². The summed E-state index contributed by atoms with van der Waals surface area (Å²) in [5.41, 5.74) is 0.163. The van der Waals surface area contributed by atoms with Gasteiger partial charge in [0.25, 0.3) is 11.5 Å². The molecular weight excluding hydrogens is 288 g/mol. The summed E-state index contributed by atoms with van der Waals surface area (Å²) in [5, 5.41) is 3.65. The number of nitrogens with one attached hydrogen (secondary N) is 1. The summed E-state index contributed by atoms with van der Waals surface area (Å²) in [4.78, 5) is 33.5. The van der Waals surface area contributed by atoms with Crippen molar-refractivity contribution in [1.82, 2.24) is 19.7 Å². The fourth-order valence-corrected chi connectivity index (χ4v) is 2.67. The Bertz CT molecular complexity index is 869. The van der Waals surface area contributed by atoms with Crippen LogP contribution in [0.5, 0.6) is 0 Å². The van der Waals surface area contributed by atoms with E-state index in [2.05, 4.69) is 15.3 Å². The first-order chi connectivity index (χ1) is 10.1. The molecule has 3 heterocycles. The summed E-state index contributed by atoms with van der Waals surface area (Å²) in [6, 6.07) is 5.22. The quantitative estimate of drug-likeness (QED) is 0.793. The topological polar surface area (TPSA) is 76.4 Å². The maximum Gasteiger partial charge on any atom is 0.270 e. The first kappa shape index (κ1) is 13.4. The molecule has 0 aliphatic carbocycles. The van der Waals surface area contributed by atoms with Gasteiger partial charge in [-0.05, 0) is 19.1 Å². The number of aromatic nitrogens is 3. The molecule has 0 aliphatic rings. The van der Waals surface area contributed by atoms with Crippen LogP contribution in [-0.4, -0.2) is 20.3 Å². The number of carbonyl (C=O) groups excluding carboxylic acids is 1. The Morgan fingerprint density at radius 2 is 2.19 bits per heavy atom. The Hall–Kier alpha value is -2.54. The van der Waals surface area contributed by atoms with Gasteiger partial charge in [-0.2, -0.15) is 0 Å². The van der Waals surface area contributed by atoms with Crippen LogP contribution in [0.15, 0.2) is 41.6 Å². The summed E-state index contributed by atoms with van der Waals surface area (Å²) in [6.45, 7) is 2.25. The number of fused-ring (bicyclic) bond motifs is 1. The molecule has 21 heavy (non-hydrogen) atoms. The summed E-state index contributed by atoms with van der Waals surface area (Å²) in [5.74, 6) is -0.434. The molecule has 0 saturated heterocycles. The van der Waals surface area contributed by atoms with E-state index in [0.29, 0.717) is 12.2 Å². The Labute approximate surface area is 124 Å². The van der Waals surface area contributed by atoms with E-state index in [4.69, 9.17) is 0 Å². The number of aryl methyl sites for hydroxylation is 1. The Morgan fingerprint density at radius 3 is 2.95 bits per heavy atom. The van der Waals surface area contributed by atoms with E-state index in [1.165, 1.54) is 21.9 Å². The SMILES string of the molecule is Cc1ncc(CNC(=O)c2cnc3ccccn3c2=O)s1. The predicted molar refractivity (Wildman–Crippen MR) is 79.5 cm³/mol. The number of amides is 1. The number of carbonyl (C=O) groups is 1. The van der Waals surface area contributed by atoms with Gasteiger partial charge in [0, 0.05) is 23.5 Å². The molecule has 0 aromatic carbocycles. The molecule has 7 heteroatoms. The molecule has 0 aliphatic heterocycles. The molecular formula is C14H12N4O2S. The number of hydrogen-bond acceptors (Lipinski definition) is 5. The lowest BCUT2D eigenvalue weighted by molar-refractivity contribution is 0.0949. The van der Waals surface area contributed by atoms with Crippen LogP contribution in [0.2, 0.25) is 0 Å². The van der Waals surface area contributed by atoms with Gasteiger partial charge < -0.3 is 5.32 Å². The molecule has 0 radical (unpaired) electrons. The lowest BCUT2D eigenvalue weighted by Gasteiger charge is -2.04. The molecule has 3 rings (SSSR count).